The lowest BCUT2D eigenvalue weighted by atomic mass is 10.1. The van der Waals surface area contributed by atoms with E-state index in [1.54, 1.807) is 4.90 Å². The third kappa shape index (κ3) is 3.97. The number of para-hydroxylation sites is 1. The molecule has 0 radical (unpaired) electrons. The van der Waals surface area contributed by atoms with E-state index in [0.29, 0.717) is 16.0 Å². The molecule has 128 valence electrons. The van der Waals surface area contributed by atoms with Gasteiger partial charge in [0.25, 0.3) is 0 Å². The van der Waals surface area contributed by atoms with Crippen molar-refractivity contribution in [2.24, 2.45) is 5.92 Å². The smallest absolute Gasteiger partial charge is 0.231 e. The first-order chi connectivity index (χ1) is 12.1. The van der Waals surface area contributed by atoms with Crippen LogP contribution in [0.25, 0.3) is 0 Å². The van der Waals surface area contributed by atoms with Crippen LogP contribution in [0.1, 0.15) is 12.0 Å². The summed E-state index contributed by atoms with van der Waals surface area (Å²) in [4.78, 5) is 26.4. The number of hydrogen-bond acceptors (Lipinski definition) is 7. The van der Waals surface area contributed by atoms with Crippen LogP contribution >= 0.6 is 23.1 Å². The number of rotatable bonds is 5. The predicted octanol–water partition coefficient (Wildman–Crippen LogP) is 2.45. The number of amides is 2. The second-order valence-electron chi connectivity index (χ2n) is 5.50. The summed E-state index contributed by atoms with van der Waals surface area (Å²) in [5, 5.41) is 19.5. The summed E-state index contributed by atoms with van der Waals surface area (Å²) in [6.45, 7) is 2.29. The summed E-state index contributed by atoms with van der Waals surface area (Å²) >= 11 is 2.49. The topological polar surface area (TPSA) is 99.0 Å². The molecule has 2 aromatic rings. The average molecular weight is 373 g/mol. The quantitative estimate of drug-likeness (QED) is 0.638. The van der Waals surface area contributed by atoms with Crippen LogP contribution in [0.5, 0.6) is 0 Å². The molecule has 1 aromatic heterocycles. The highest BCUT2D eigenvalue weighted by Crippen LogP contribution is 2.29. The second-order valence-corrected chi connectivity index (χ2v) is 7.70. The van der Waals surface area contributed by atoms with Crippen LogP contribution in [-0.2, 0) is 9.59 Å². The lowest BCUT2D eigenvalue weighted by Crippen LogP contribution is -2.28. The summed E-state index contributed by atoms with van der Waals surface area (Å²) in [6.07, 6.45) is 0.176. The average Bonchev–Trinajstić information content (AvgIpc) is 3.20. The van der Waals surface area contributed by atoms with Gasteiger partial charge in [0.05, 0.1) is 17.7 Å². The van der Waals surface area contributed by atoms with E-state index in [1.165, 1.54) is 23.1 Å². The zero-order valence-electron chi connectivity index (χ0n) is 13.4. The zero-order chi connectivity index (χ0) is 17.8. The van der Waals surface area contributed by atoms with E-state index in [0.717, 1.165) is 11.3 Å². The summed E-state index contributed by atoms with van der Waals surface area (Å²) in [5.74, 6) is -0.439. The minimum atomic E-state index is -0.425. The summed E-state index contributed by atoms with van der Waals surface area (Å²) in [7, 11) is 0. The van der Waals surface area contributed by atoms with Crippen molar-refractivity contribution >= 4 is 45.7 Å². The minimum absolute atomic E-state index is 0.0584. The lowest BCUT2D eigenvalue weighted by Gasteiger charge is -2.18. The molecule has 9 heteroatoms. The van der Waals surface area contributed by atoms with Gasteiger partial charge in [-0.2, -0.15) is 5.26 Å². The Labute approximate surface area is 153 Å². The summed E-state index contributed by atoms with van der Waals surface area (Å²) in [5.41, 5.74) is 1.84. The Kier molecular flexibility index (Phi) is 5.31. The van der Waals surface area contributed by atoms with Crippen molar-refractivity contribution < 1.29 is 9.59 Å². The highest BCUT2D eigenvalue weighted by Gasteiger charge is 2.35. The van der Waals surface area contributed by atoms with Crippen LogP contribution in [0, 0.1) is 24.2 Å². The number of aryl methyl sites for hydroxylation is 1. The number of aromatic nitrogens is 2. The van der Waals surface area contributed by atoms with Crippen molar-refractivity contribution in [1.82, 2.24) is 10.2 Å². The third-order valence-electron chi connectivity index (χ3n) is 3.80. The summed E-state index contributed by atoms with van der Waals surface area (Å²) < 4.78 is 0.626. The van der Waals surface area contributed by atoms with Gasteiger partial charge >= 0.3 is 0 Å². The Hall–Kier alpha value is -2.44. The molecule has 2 amide bonds. The number of benzene rings is 1. The van der Waals surface area contributed by atoms with E-state index in [4.69, 9.17) is 5.26 Å². The van der Waals surface area contributed by atoms with Crippen molar-refractivity contribution in [1.29, 1.82) is 5.26 Å². The fraction of sp³-hybridized carbons (Fsp3) is 0.312. The fourth-order valence-corrected chi connectivity index (χ4v) is 4.02. The van der Waals surface area contributed by atoms with Gasteiger partial charge in [0.2, 0.25) is 16.9 Å². The molecule has 2 heterocycles. The molecule has 0 bridgehead atoms. The molecule has 1 aromatic carbocycles. The van der Waals surface area contributed by atoms with E-state index in [-0.39, 0.29) is 24.0 Å². The van der Waals surface area contributed by atoms with Gasteiger partial charge in [0, 0.05) is 18.7 Å². The number of nitrogens with zero attached hydrogens (tertiary/aromatic N) is 4. The molecule has 0 aliphatic carbocycles. The predicted molar refractivity (Wildman–Crippen MR) is 96.5 cm³/mol. The number of thioether (sulfide) groups is 1. The normalized spacial score (nSPS) is 16.7. The van der Waals surface area contributed by atoms with Crippen LogP contribution in [0.3, 0.4) is 0 Å². The zero-order valence-corrected chi connectivity index (χ0v) is 15.1. The van der Waals surface area contributed by atoms with Crippen molar-refractivity contribution in [3.05, 3.63) is 29.8 Å². The Morgan fingerprint density at radius 1 is 1.48 bits per heavy atom. The minimum Gasteiger partial charge on any atom is -0.311 e. The molecule has 25 heavy (non-hydrogen) atoms. The molecular weight excluding hydrogens is 358 g/mol. The first-order valence-electron chi connectivity index (χ1n) is 7.58. The van der Waals surface area contributed by atoms with Gasteiger partial charge in [0.1, 0.15) is 0 Å². The van der Waals surface area contributed by atoms with Crippen LogP contribution in [0.4, 0.5) is 10.8 Å². The van der Waals surface area contributed by atoms with Crippen LogP contribution in [-0.4, -0.2) is 34.3 Å². The molecule has 1 N–H and O–H groups in total. The number of hydrogen-bond donors (Lipinski definition) is 1. The van der Waals surface area contributed by atoms with E-state index in [2.05, 4.69) is 15.5 Å². The highest BCUT2D eigenvalue weighted by molar-refractivity contribution is 8.01. The number of nitriles is 1. The van der Waals surface area contributed by atoms with Crippen LogP contribution < -0.4 is 10.2 Å². The molecule has 1 aliphatic rings. The van der Waals surface area contributed by atoms with E-state index in [9.17, 15) is 9.59 Å². The Bertz CT molecular complexity index is 845. The lowest BCUT2D eigenvalue weighted by molar-refractivity contribution is -0.122. The Morgan fingerprint density at radius 2 is 2.28 bits per heavy atom. The number of anilines is 2. The van der Waals surface area contributed by atoms with Gasteiger partial charge in [-0.1, -0.05) is 41.3 Å². The number of carbonyl (C=O) groups excluding carboxylic acids is 2. The van der Waals surface area contributed by atoms with Gasteiger partial charge in [0.15, 0.2) is 4.34 Å². The van der Waals surface area contributed by atoms with Crippen molar-refractivity contribution in [3.63, 3.8) is 0 Å². The fourth-order valence-electron chi connectivity index (χ4n) is 2.60. The number of nitrogens with one attached hydrogen (secondary N) is 1. The molecule has 0 spiro atoms. The maximum Gasteiger partial charge on any atom is 0.231 e. The Morgan fingerprint density at radius 3 is 3.04 bits per heavy atom. The monoisotopic (exact) mass is 373 g/mol. The van der Waals surface area contributed by atoms with Crippen molar-refractivity contribution in [3.8, 4) is 6.07 Å². The maximum atomic E-state index is 12.4. The van der Waals surface area contributed by atoms with E-state index in [1.807, 2.05) is 37.3 Å². The highest BCUT2D eigenvalue weighted by atomic mass is 32.2. The van der Waals surface area contributed by atoms with Crippen molar-refractivity contribution in [2.45, 2.75) is 17.7 Å². The first-order valence-corrected chi connectivity index (χ1v) is 9.39. The van der Waals surface area contributed by atoms with Crippen molar-refractivity contribution in [2.75, 3.05) is 22.5 Å². The maximum absolute atomic E-state index is 12.4. The molecule has 3 rings (SSSR count). The van der Waals surface area contributed by atoms with Gasteiger partial charge in [-0.3, -0.25) is 9.59 Å². The van der Waals surface area contributed by atoms with Crippen LogP contribution in [0.15, 0.2) is 28.6 Å². The molecule has 0 unspecified atom stereocenters. The standard InChI is InChI=1S/C16H15N5O2S2/c1-10-4-2-3-5-12(10)21-9-11(8-13(21)22)14(23)18-15-19-20-16(25-15)24-7-6-17/h2-5,11H,7-9H2,1H3,(H,18,19,23)/t11-/m1/s1. The molecule has 1 aliphatic heterocycles. The Balaban J connectivity index is 1.64. The third-order valence-corrected chi connectivity index (χ3v) is 5.64. The summed E-state index contributed by atoms with van der Waals surface area (Å²) in [6, 6.07) is 9.64. The molecule has 0 saturated carbocycles. The second kappa shape index (κ2) is 7.63. The van der Waals surface area contributed by atoms with E-state index >= 15 is 0 Å². The van der Waals surface area contributed by atoms with Gasteiger partial charge < -0.3 is 10.2 Å². The van der Waals surface area contributed by atoms with E-state index < -0.39 is 5.92 Å². The molecule has 1 saturated heterocycles. The van der Waals surface area contributed by atoms with Gasteiger partial charge in [-0.05, 0) is 18.6 Å². The molecule has 1 atom stereocenters. The largest absolute Gasteiger partial charge is 0.311 e. The molecule has 1 fully saturated rings. The molecule has 7 nitrogen and oxygen atoms in total. The van der Waals surface area contributed by atoms with Crippen LogP contribution in [0.2, 0.25) is 0 Å². The van der Waals surface area contributed by atoms with Gasteiger partial charge in [-0.25, -0.2) is 0 Å². The SMILES string of the molecule is Cc1ccccc1N1C[C@H](C(=O)Nc2nnc(SCC#N)s2)CC1=O. The molecular formula is C16H15N5O2S2. The number of carbonyl (C=O) groups is 2. The first kappa shape index (κ1) is 17.4. The van der Waals surface area contributed by atoms with Gasteiger partial charge in [-0.15, -0.1) is 10.2 Å².